The van der Waals surface area contributed by atoms with Crippen LogP contribution >= 0.6 is 11.3 Å². The van der Waals surface area contributed by atoms with E-state index >= 15 is 0 Å². The van der Waals surface area contributed by atoms with Gasteiger partial charge in [-0.25, -0.2) is 18.4 Å². The van der Waals surface area contributed by atoms with Crippen molar-refractivity contribution in [3.63, 3.8) is 0 Å². The second-order valence-electron chi connectivity index (χ2n) is 12.6. The Labute approximate surface area is 307 Å². The molecule has 0 saturated heterocycles. The number of halogens is 3. The Kier molecular flexibility index (Phi) is 8.55. The van der Waals surface area contributed by atoms with Crippen molar-refractivity contribution in [2.24, 2.45) is 0 Å². The van der Waals surface area contributed by atoms with Gasteiger partial charge in [-0.15, -0.1) is 11.3 Å². The number of hydrogen-bond acceptors (Lipinski definition) is 6. The molecule has 0 fully saturated rings. The van der Waals surface area contributed by atoms with Gasteiger partial charge in [0, 0.05) is 29.0 Å². The van der Waals surface area contributed by atoms with Crippen molar-refractivity contribution in [1.82, 2.24) is 19.7 Å². The highest BCUT2D eigenvalue weighted by Crippen LogP contribution is 2.44. The third-order valence-electron chi connectivity index (χ3n) is 9.24. The monoisotopic (exact) mass is 742 g/mol. The molecule has 0 atom stereocenters. The van der Waals surface area contributed by atoms with E-state index in [4.69, 9.17) is 5.10 Å². The van der Waals surface area contributed by atoms with Gasteiger partial charge in [-0.3, -0.25) is 4.68 Å². The maximum Gasteiger partial charge on any atom is 0.416 e. The molecule has 262 valence electrons. The maximum atomic E-state index is 13.7. The number of hydrogen-bond donors (Lipinski definition) is 0. The normalized spacial score (nSPS) is 12.3. The van der Waals surface area contributed by atoms with Crippen LogP contribution < -0.4 is 0 Å². The summed E-state index contributed by atoms with van der Waals surface area (Å²) >= 11 is 1.13. The summed E-state index contributed by atoms with van der Waals surface area (Å²) in [6.45, 7) is 0. The van der Waals surface area contributed by atoms with E-state index in [0.29, 0.717) is 38.3 Å². The lowest BCUT2D eigenvalue weighted by Gasteiger charge is -2.36. The first-order valence-corrected chi connectivity index (χ1v) is 19.2. The minimum Gasteiger partial charge on any atom is -0.252 e. The molecule has 8 rings (SSSR count). The topological polar surface area (TPSA) is 77.7 Å². The Bertz CT molecular complexity index is 2580. The van der Waals surface area contributed by atoms with Gasteiger partial charge in [-0.2, -0.15) is 18.3 Å². The molecule has 0 amide bonds. The van der Waals surface area contributed by atoms with E-state index in [1.807, 2.05) is 120 Å². The molecular formula is C42H29F3N4O2S2. The van der Waals surface area contributed by atoms with E-state index in [-0.39, 0.29) is 4.21 Å². The molecule has 3 heterocycles. The van der Waals surface area contributed by atoms with Gasteiger partial charge in [0.15, 0.2) is 9.84 Å². The summed E-state index contributed by atoms with van der Waals surface area (Å²) in [5, 5.41) is 5.96. The van der Waals surface area contributed by atoms with Crippen LogP contribution in [0.4, 0.5) is 13.2 Å². The molecule has 0 aliphatic rings. The molecule has 3 aromatic heterocycles. The van der Waals surface area contributed by atoms with Crippen molar-refractivity contribution in [2.45, 2.75) is 15.9 Å². The molecule has 6 nitrogen and oxygen atoms in total. The number of sulfone groups is 1. The molecule has 0 aliphatic heterocycles. The summed E-state index contributed by atoms with van der Waals surface area (Å²) in [5.74, 6) is 0. The highest BCUT2D eigenvalue weighted by molar-refractivity contribution is 7.92. The fourth-order valence-electron chi connectivity index (χ4n) is 6.79. The number of alkyl halides is 3. The quantitative estimate of drug-likeness (QED) is 0.145. The van der Waals surface area contributed by atoms with Gasteiger partial charge >= 0.3 is 6.18 Å². The first kappa shape index (κ1) is 34.2. The summed E-state index contributed by atoms with van der Waals surface area (Å²) in [4.78, 5) is 9.70. The van der Waals surface area contributed by atoms with E-state index in [9.17, 15) is 21.6 Å². The van der Waals surface area contributed by atoms with Crippen molar-refractivity contribution in [3.8, 4) is 33.0 Å². The predicted molar refractivity (Wildman–Crippen MR) is 202 cm³/mol. The van der Waals surface area contributed by atoms with Gasteiger partial charge in [-0.1, -0.05) is 109 Å². The van der Waals surface area contributed by atoms with Crippen molar-refractivity contribution < 1.29 is 21.6 Å². The van der Waals surface area contributed by atoms with Gasteiger partial charge in [0.2, 0.25) is 0 Å². The van der Waals surface area contributed by atoms with Crippen LogP contribution in [0.2, 0.25) is 0 Å². The van der Waals surface area contributed by atoms with Crippen LogP contribution in [-0.4, -0.2) is 34.4 Å². The number of thiophene rings is 1. The van der Waals surface area contributed by atoms with E-state index in [1.165, 1.54) is 24.7 Å². The van der Waals surface area contributed by atoms with Crippen LogP contribution in [-0.2, 0) is 21.6 Å². The van der Waals surface area contributed by atoms with E-state index in [2.05, 4.69) is 9.97 Å². The Balaban J connectivity index is 1.42. The summed E-state index contributed by atoms with van der Waals surface area (Å²) in [6.07, 6.45) is 0.0469. The van der Waals surface area contributed by atoms with E-state index < -0.39 is 27.1 Å². The molecule has 53 heavy (non-hydrogen) atoms. The molecule has 11 heteroatoms. The first-order chi connectivity index (χ1) is 25.5. The van der Waals surface area contributed by atoms with Crippen LogP contribution in [0.5, 0.6) is 0 Å². The van der Waals surface area contributed by atoms with Crippen LogP contribution in [0.25, 0.3) is 43.9 Å². The Morgan fingerprint density at radius 1 is 0.623 bits per heavy atom. The zero-order valence-electron chi connectivity index (χ0n) is 28.1. The number of nitrogens with zero attached hydrogens (tertiary/aromatic N) is 4. The Morgan fingerprint density at radius 2 is 1.19 bits per heavy atom. The number of aromatic nitrogens is 4. The molecule has 0 radical (unpaired) electrons. The van der Waals surface area contributed by atoms with Crippen LogP contribution in [0.3, 0.4) is 0 Å². The van der Waals surface area contributed by atoms with Gasteiger partial charge in [-0.05, 0) is 58.7 Å². The number of rotatable bonds is 8. The van der Waals surface area contributed by atoms with E-state index in [0.717, 1.165) is 45.7 Å². The van der Waals surface area contributed by atoms with Gasteiger partial charge in [0.1, 0.15) is 21.8 Å². The Morgan fingerprint density at radius 3 is 1.72 bits per heavy atom. The molecule has 8 aromatic rings. The lowest BCUT2D eigenvalue weighted by molar-refractivity contribution is -0.137. The standard InChI is InChI=1S/C42H29F3N4O2S2/c1-53(50,51)38-24-23-37(52-38)40-34-25-29(19-22-36(34)46-27-47-40)35-26-49(48-39(35)28-17-20-33(21-18-28)42(43,44)45)41(30-11-5-2-6-12-30,31-13-7-3-8-14-31)32-15-9-4-10-16-32/h2-27H,1H3. The average Bonchev–Trinajstić information content (AvgIpc) is 3.85. The molecule has 0 spiro atoms. The second kappa shape index (κ2) is 13.3. The van der Waals surface area contributed by atoms with Gasteiger partial charge < -0.3 is 0 Å². The molecule has 0 aliphatic carbocycles. The van der Waals surface area contributed by atoms with E-state index in [1.54, 1.807) is 12.1 Å². The lowest BCUT2D eigenvalue weighted by Crippen LogP contribution is -2.38. The predicted octanol–water partition coefficient (Wildman–Crippen LogP) is 10.2. The molecule has 0 saturated carbocycles. The smallest absolute Gasteiger partial charge is 0.252 e. The lowest BCUT2D eigenvalue weighted by atomic mass is 9.77. The number of benzene rings is 5. The van der Waals surface area contributed by atoms with Crippen molar-refractivity contribution in [1.29, 1.82) is 0 Å². The first-order valence-electron chi connectivity index (χ1n) is 16.5. The average molecular weight is 743 g/mol. The SMILES string of the molecule is CS(=O)(=O)c1ccc(-c2ncnc3ccc(-c4cn(C(c5ccccc5)(c5ccccc5)c5ccccc5)nc4-c4ccc(C(F)(F)F)cc4)cc23)s1. The van der Waals surface area contributed by atoms with Gasteiger partial charge in [0.05, 0.1) is 21.7 Å². The molecule has 5 aromatic carbocycles. The minimum absolute atomic E-state index is 0.223. The zero-order valence-corrected chi connectivity index (χ0v) is 29.7. The van der Waals surface area contributed by atoms with Crippen molar-refractivity contribution in [2.75, 3.05) is 6.26 Å². The third kappa shape index (κ3) is 6.21. The van der Waals surface area contributed by atoms with Crippen molar-refractivity contribution in [3.05, 3.63) is 180 Å². The molecule has 0 bridgehead atoms. The van der Waals surface area contributed by atoms with Crippen LogP contribution in [0, 0.1) is 0 Å². The zero-order chi connectivity index (χ0) is 36.8. The van der Waals surface area contributed by atoms with Crippen LogP contribution in [0.15, 0.2) is 162 Å². The molecule has 0 N–H and O–H groups in total. The summed E-state index contributed by atoms with van der Waals surface area (Å²) in [6, 6.07) is 44.0. The van der Waals surface area contributed by atoms with Gasteiger partial charge in [0.25, 0.3) is 0 Å². The fraction of sp³-hybridized carbons (Fsp3) is 0.0714. The summed E-state index contributed by atoms with van der Waals surface area (Å²) in [5.41, 5.74) is 4.59. The Hall–Kier alpha value is -5.91. The summed E-state index contributed by atoms with van der Waals surface area (Å²) in [7, 11) is -3.43. The summed E-state index contributed by atoms with van der Waals surface area (Å²) < 4.78 is 67.9. The molecular weight excluding hydrogens is 714 g/mol. The second-order valence-corrected chi connectivity index (χ2v) is 15.9. The van der Waals surface area contributed by atoms with Crippen molar-refractivity contribution >= 4 is 32.1 Å². The highest BCUT2D eigenvalue weighted by Gasteiger charge is 2.40. The minimum atomic E-state index is -4.50. The van der Waals surface area contributed by atoms with Crippen LogP contribution in [0.1, 0.15) is 22.3 Å². The molecule has 0 unspecified atom stereocenters. The third-order valence-corrected chi connectivity index (χ3v) is 12.2. The highest BCUT2D eigenvalue weighted by atomic mass is 32.2. The largest absolute Gasteiger partial charge is 0.416 e. The maximum absolute atomic E-state index is 13.7. The fourth-order valence-corrected chi connectivity index (χ4v) is 8.73. The number of fused-ring (bicyclic) bond motifs is 1.